The van der Waals surface area contributed by atoms with Gasteiger partial charge < -0.3 is 5.73 Å². The number of aromatic nitrogens is 2. The second-order valence-electron chi connectivity index (χ2n) is 3.72. The van der Waals surface area contributed by atoms with E-state index in [9.17, 15) is 4.79 Å². The van der Waals surface area contributed by atoms with Crippen LogP contribution in [0.3, 0.4) is 0 Å². The van der Waals surface area contributed by atoms with Crippen molar-refractivity contribution in [3.8, 4) is 0 Å². The van der Waals surface area contributed by atoms with Gasteiger partial charge in [0.15, 0.2) is 0 Å². The van der Waals surface area contributed by atoms with Gasteiger partial charge in [0, 0.05) is 22.3 Å². The topological polar surface area (TPSA) is 60.9 Å². The zero-order valence-corrected chi connectivity index (χ0v) is 12.0. The van der Waals surface area contributed by atoms with Crippen LogP contribution in [0, 0.1) is 0 Å². The zero-order valence-electron chi connectivity index (χ0n) is 9.65. The summed E-state index contributed by atoms with van der Waals surface area (Å²) in [5.74, 6) is -0.224. The lowest BCUT2D eigenvalue weighted by Gasteiger charge is -2.07. The molecule has 0 atom stereocenters. The molecule has 4 nitrogen and oxygen atoms in total. The van der Waals surface area contributed by atoms with Crippen LogP contribution in [0.2, 0.25) is 5.02 Å². The van der Waals surface area contributed by atoms with Gasteiger partial charge in [0.1, 0.15) is 5.69 Å². The molecule has 0 amide bonds. The van der Waals surface area contributed by atoms with Crippen LogP contribution in [0.5, 0.6) is 0 Å². The molecule has 0 aliphatic heterocycles. The van der Waals surface area contributed by atoms with Gasteiger partial charge in [0.05, 0.1) is 11.2 Å². The summed E-state index contributed by atoms with van der Waals surface area (Å²) >= 11 is 9.32. The predicted octanol–water partition coefficient (Wildman–Crippen LogP) is 3.13. The Bertz CT molecular complexity index is 609. The Labute approximate surface area is 118 Å². The number of halogens is 2. The Morgan fingerprint density at radius 2 is 2.28 bits per heavy atom. The number of aryl methyl sites for hydroxylation is 1. The summed E-state index contributed by atoms with van der Waals surface area (Å²) in [5, 5.41) is 4.38. The highest BCUT2D eigenvalue weighted by atomic mass is 79.9. The monoisotopic (exact) mass is 327 g/mol. The van der Waals surface area contributed by atoms with E-state index in [1.54, 1.807) is 22.9 Å². The van der Waals surface area contributed by atoms with Gasteiger partial charge >= 0.3 is 0 Å². The Hall–Kier alpha value is -1.33. The van der Waals surface area contributed by atoms with Gasteiger partial charge in [-0.3, -0.25) is 9.48 Å². The average Bonchev–Trinajstić information content (AvgIpc) is 2.72. The van der Waals surface area contributed by atoms with E-state index in [0.717, 1.165) is 4.47 Å². The molecule has 0 spiro atoms. The van der Waals surface area contributed by atoms with Gasteiger partial charge in [-0.05, 0) is 25.1 Å². The molecule has 0 bridgehead atoms. The molecule has 6 heteroatoms. The van der Waals surface area contributed by atoms with Crippen molar-refractivity contribution in [3.63, 3.8) is 0 Å². The number of carbonyl (C=O) groups is 1. The van der Waals surface area contributed by atoms with E-state index in [4.69, 9.17) is 17.3 Å². The van der Waals surface area contributed by atoms with Crippen LogP contribution in [0.1, 0.15) is 23.0 Å². The number of anilines is 1. The number of nitrogen functional groups attached to an aromatic ring is 1. The highest BCUT2D eigenvalue weighted by molar-refractivity contribution is 9.10. The summed E-state index contributed by atoms with van der Waals surface area (Å²) in [6.07, 6.45) is 1.46. The standard InChI is InChI=1S/C12H11BrClN3O/c1-2-17-11(9(14)6-16-17)12(18)8-5-7(13)3-4-10(8)15/h3-6H,2,15H2,1H3. The number of hydrogen-bond donors (Lipinski definition) is 1. The molecule has 2 rings (SSSR count). The van der Waals surface area contributed by atoms with Crippen molar-refractivity contribution in [3.05, 3.63) is 45.1 Å². The molecular weight excluding hydrogens is 318 g/mol. The Balaban J connectivity index is 2.54. The first-order chi connectivity index (χ1) is 8.54. The lowest BCUT2D eigenvalue weighted by Crippen LogP contribution is -2.12. The molecule has 2 N–H and O–H groups in total. The molecule has 2 aromatic rings. The SMILES string of the molecule is CCn1ncc(Cl)c1C(=O)c1cc(Br)ccc1N. The highest BCUT2D eigenvalue weighted by Crippen LogP contribution is 2.24. The second-order valence-corrected chi connectivity index (χ2v) is 5.04. The second kappa shape index (κ2) is 5.12. The number of ketones is 1. The fourth-order valence-corrected chi connectivity index (χ4v) is 2.27. The van der Waals surface area contributed by atoms with Gasteiger partial charge in [-0.2, -0.15) is 5.10 Å². The predicted molar refractivity (Wildman–Crippen MR) is 74.9 cm³/mol. The van der Waals surface area contributed by atoms with Gasteiger partial charge in [0.2, 0.25) is 5.78 Å². The van der Waals surface area contributed by atoms with Gasteiger partial charge in [-0.25, -0.2) is 0 Å². The van der Waals surface area contributed by atoms with Crippen LogP contribution in [0.4, 0.5) is 5.69 Å². The summed E-state index contributed by atoms with van der Waals surface area (Å²) in [4.78, 5) is 12.4. The molecule has 0 saturated heterocycles. The quantitative estimate of drug-likeness (QED) is 0.695. The molecule has 0 aliphatic rings. The third-order valence-electron chi connectivity index (χ3n) is 2.57. The number of nitrogens with zero attached hydrogens (tertiary/aromatic N) is 2. The largest absolute Gasteiger partial charge is 0.398 e. The van der Waals surface area contributed by atoms with E-state index in [1.165, 1.54) is 6.20 Å². The summed E-state index contributed by atoms with van der Waals surface area (Å²) in [7, 11) is 0. The smallest absolute Gasteiger partial charge is 0.214 e. The first kappa shape index (κ1) is 13.1. The molecule has 1 aromatic heterocycles. The van der Waals surface area contributed by atoms with E-state index >= 15 is 0 Å². The molecule has 0 aliphatic carbocycles. The van der Waals surface area contributed by atoms with Crippen LogP contribution in [0.25, 0.3) is 0 Å². The van der Waals surface area contributed by atoms with E-state index in [2.05, 4.69) is 21.0 Å². The molecule has 1 heterocycles. The molecule has 0 unspecified atom stereocenters. The molecule has 0 saturated carbocycles. The molecule has 18 heavy (non-hydrogen) atoms. The van der Waals surface area contributed by atoms with Crippen molar-refractivity contribution < 1.29 is 4.79 Å². The zero-order chi connectivity index (χ0) is 13.3. The number of nitrogens with two attached hydrogens (primary N) is 1. The first-order valence-corrected chi connectivity index (χ1v) is 6.52. The van der Waals surface area contributed by atoms with E-state index in [1.807, 2.05) is 6.92 Å². The van der Waals surface area contributed by atoms with E-state index < -0.39 is 0 Å². The fraction of sp³-hybridized carbons (Fsp3) is 0.167. The molecule has 0 radical (unpaired) electrons. The molecular formula is C12H11BrClN3O. The van der Waals surface area contributed by atoms with Gasteiger partial charge in [-0.1, -0.05) is 27.5 Å². The van der Waals surface area contributed by atoms with Crippen LogP contribution in [-0.2, 0) is 6.54 Å². The lowest BCUT2D eigenvalue weighted by molar-refractivity contribution is 0.103. The number of rotatable bonds is 3. The number of hydrogen-bond acceptors (Lipinski definition) is 3. The van der Waals surface area contributed by atoms with Crippen LogP contribution < -0.4 is 5.73 Å². The van der Waals surface area contributed by atoms with Crippen molar-refractivity contribution in [1.29, 1.82) is 0 Å². The summed E-state index contributed by atoms with van der Waals surface area (Å²) in [5.41, 5.74) is 7.03. The summed E-state index contributed by atoms with van der Waals surface area (Å²) in [6, 6.07) is 5.14. The van der Waals surface area contributed by atoms with Gasteiger partial charge in [-0.15, -0.1) is 0 Å². The minimum absolute atomic E-state index is 0.224. The lowest BCUT2D eigenvalue weighted by atomic mass is 10.1. The van der Waals surface area contributed by atoms with Crippen LogP contribution >= 0.6 is 27.5 Å². The van der Waals surface area contributed by atoms with Gasteiger partial charge in [0.25, 0.3) is 0 Å². The van der Waals surface area contributed by atoms with Crippen molar-refractivity contribution in [2.75, 3.05) is 5.73 Å². The van der Waals surface area contributed by atoms with E-state index in [0.29, 0.717) is 28.5 Å². The minimum atomic E-state index is -0.224. The number of benzene rings is 1. The Morgan fingerprint density at radius 1 is 1.56 bits per heavy atom. The first-order valence-electron chi connectivity index (χ1n) is 5.35. The third kappa shape index (κ3) is 2.28. The van der Waals surface area contributed by atoms with Crippen LogP contribution in [-0.4, -0.2) is 15.6 Å². The maximum absolute atomic E-state index is 12.4. The summed E-state index contributed by atoms with van der Waals surface area (Å²) < 4.78 is 2.35. The molecule has 0 fully saturated rings. The van der Waals surface area contributed by atoms with E-state index in [-0.39, 0.29) is 5.78 Å². The van der Waals surface area contributed by atoms with Crippen molar-refractivity contribution in [2.45, 2.75) is 13.5 Å². The maximum Gasteiger partial charge on any atom is 0.214 e. The fourth-order valence-electron chi connectivity index (χ4n) is 1.68. The Kier molecular flexibility index (Phi) is 3.73. The summed E-state index contributed by atoms with van der Waals surface area (Å²) in [6.45, 7) is 2.46. The normalized spacial score (nSPS) is 10.6. The Morgan fingerprint density at radius 3 is 2.94 bits per heavy atom. The maximum atomic E-state index is 12.4. The van der Waals surface area contributed by atoms with Crippen molar-refractivity contribution in [2.24, 2.45) is 0 Å². The van der Waals surface area contributed by atoms with Crippen LogP contribution in [0.15, 0.2) is 28.9 Å². The average molecular weight is 329 g/mol. The number of carbonyl (C=O) groups excluding carboxylic acids is 1. The van der Waals surface area contributed by atoms with Crippen molar-refractivity contribution in [1.82, 2.24) is 9.78 Å². The minimum Gasteiger partial charge on any atom is -0.398 e. The highest BCUT2D eigenvalue weighted by Gasteiger charge is 2.20. The molecule has 94 valence electrons. The van der Waals surface area contributed by atoms with Crippen molar-refractivity contribution >= 4 is 39.0 Å². The molecule has 1 aromatic carbocycles. The third-order valence-corrected chi connectivity index (χ3v) is 3.34.